The predicted octanol–water partition coefficient (Wildman–Crippen LogP) is 2.66. The Kier molecular flexibility index (Phi) is 2.81. The van der Waals surface area contributed by atoms with Crippen LogP contribution in [0.15, 0.2) is 17.2 Å². The van der Waals surface area contributed by atoms with E-state index in [1.807, 2.05) is 26.8 Å². The van der Waals surface area contributed by atoms with E-state index in [4.69, 9.17) is 0 Å². The van der Waals surface area contributed by atoms with Gasteiger partial charge >= 0.3 is 0 Å². The number of rotatable bonds is 2. The minimum Gasteiger partial charge on any atom is -0.259 e. The maximum absolute atomic E-state index is 12.0. The van der Waals surface area contributed by atoms with E-state index in [9.17, 15) is 8.42 Å². The third-order valence-corrected chi connectivity index (χ3v) is 4.20. The number of sulfone groups is 1. The lowest BCUT2D eigenvalue weighted by molar-refractivity contribution is 0.541. The summed E-state index contributed by atoms with van der Waals surface area (Å²) in [6.07, 6.45) is 5.21. The first-order valence-electron chi connectivity index (χ1n) is 5.90. The van der Waals surface area contributed by atoms with E-state index in [0.29, 0.717) is 16.5 Å². The van der Waals surface area contributed by atoms with Crippen molar-refractivity contribution in [1.82, 2.24) is 4.98 Å². The van der Waals surface area contributed by atoms with Crippen molar-refractivity contribution in [3.63, 3.8) is 0 Å². The molecule has 1 saturated carbocycles. The molecule has 0 saturated heterocycles. The quantitative estimate of drug-likeness (QED) is 0.814. The second-order valence-corrected chi connectivity index (χ2v) is 7.83. The molecule has 1 aromatic heterocycles. The largest absolute Gasteiger partial charge is 0.259 e. The Labute approximate surface area is 103 Å². The van der Waals surface area contributed by atoms with E-state index in [1.54, 1.807) is 6.20 Å². The van der Waals surface area contributed by atoms with Crippen molar-refractivity contribution in [3.05, 3.63) is 23.5 Å². The van der Waals surface area contributed by atoms with Gasteiger partial charge in [0.25, 0.3) is 0 Å². The fourth-order valence-electron chi connectivity index (χ4n) is 2.10. The SMILES string of the molecule is CC(C)(C)c1nccc(C2CC2)c1S(C)(=O)=O. The highest BCUT2D eigenvalue weighted by Crippen LogP contribution is 2.44. The van der Waals surface area contributed by atoms with Gasteiger partial charge in [-0.15, -0.1) is 0 Å². The maximum Gasteiger partial charge on any atom is 0.177 e. The molecule has 2 rings (SSSR count). The third kappa shape index (κ3) is 2.51. The van der Waals surface area contributed by atoms with Crippen molar-refractivity contribution in [3.8, 4) is 0 Å². The fraction of sp³-hybridized carbons (Fsp3) is 0.615. The van der Waals surface area contributed by atoms with Gasteiger partial charge in [-0.05, 0) is 30.4 Å². The highest BCUT2D eigenvalue weighted by atomic mass is 32.2. The topological polar surface area (TPSA) is 47.0 Å². The average molecular weight is 253 g/mol. The van der Waals surface area contributed by atoms with Crippen molar-refractivity contribution in [2.75, 3.05) is 6.26 Å². The lowest BCUT2D eigenvalue weighted by Crippen LogP contribution is -2.20. The summed E-state index contributed by atoms with van der Waals surface area (Å²) < 4.78 is 24.0. The summed E-state index contributed by atoms with van der Waals surface area (Å²) in [5, 5.41) is 0. The molecule has 0 amide bonds. The zero-order chi connectivity index (χ0) is 12.8. The van der Waals surface area contributed by atoms with Crippen molar-refractivity contribution >= 4 is 9.84 Å². The van der Waals surface area contributed by atoms with Gasteiger partial charge in [0, 0.05) is 17.9 Å². The molecule has 0 aliphatic heterocycles. The molecule has 4 heteroatoms. The Hall–Kier alpha value is -0.900. The highest BCUT2D eigenvalue weighted by molar-refractivity contribution is 7.90. The van der Waals surface area contributed by atoms with E-state index in [1.165, 1.54) is 6.26 Å². The Bertz CT molecular complexity index is 537. The van der Waals surface area contributed by atoms with Gasteiger partial charge in [0.05, 0.1) is 10.6 Å². The third-order valence-electron chi connectivity index (χ3n) is 3.03. The molecular weight excluding hydrogens is 234 g/mol. The zero-order valence-corrected chi connectivity index (χ0v) is 11.6. The van der Waals surface area contributed by atoms with Crippen molar-refractivity contribution < 1.29 is 8.42 Å². The summed E-state index contributed by atoms with van der Waals surface area (Å²) in [5.74, 6) is 0.420. The van der Waals surface area contributed by atoms with Crippen molar-refractivity contribution in [1.29, 1.82) is 0 Å². The zero-order valence-electron chi connectivity index (χ0n) is 10.8. The lowest BCUT2D eigenvalue weighted by Gasteiger charge is -2.22. The number of hydrogen-bond donors (Lipinski definition) is 0. The Morgan fingerprint density at radius 3 is 2.29 bits per heavy atom. The molecule has 0 bridgehead atoms. The predicted molar refractivity (Wildman–Crippen MR) is 68.0 cm³/mol. The molecular formula is C13H19NO2S. The number of hydrogen-bond acceptors (Lipinski definition) is 3. The van der Waals surface area contributed by atoms with Gasteiger partial charge in [-0.2, -0.15) is 0 Å². The monoisotopic (exact) mass is 253 g/mol. The molecule has 0 spiro atoms. The standard InChI is InChI=1S/C13H19NO2S/c1-13(2,3)12-11(17(4,15)16)10(7-8-14-12)9-5-6-9/h7-9H,5-6H2,1-4H3. The van der Waals surface area contributed by atoms with Crippen LogP contribution >= 0.6 is 0 Å². The van der Waals surface area contributed by atoms with E-state index >= 15 is 0 Å². The molecule has 94 valence electrons. The molecule has 0 radical (unpaired) electrons. The van der Waals surface area contributed by atoms with Crippen LogP contribution in [0, 0.1) is 0 Å². The summed E-state index contributed by atoms with van der Waals surface area (Å²) in [7, 11) is -3.21. The molecule has 0 unspecified atom stereocenters. The van der Waals surface area contributed by atoms with Gasteiger partial charge in [0.2, 0.25) is 0 Å². The van der Waals surface area contributed by atoms with Crippen LogP contribution in [0.25, 0.3) is 0 Å². The van der Waals surface area contributed by atoms with Gasteiger partial charge in [-0.3, -0.25) is 4.98 Å². The van der Waals surface area contributed by atoms with Gasteiger partial charge in [0.1, 0.15) is 0 Å². The highest BCUT2D eigenvalue weighted by Gasteiger charge is 2.33. The molecule has 1 heterocycles. The van der Waals surface area contributed by atoms with Crippen molar-refractivity contribution in [2.45, 2.75) is 49.8 Å². The molecule has 1 aliphatic rings. The molecule has 1 aliphatic carbocycles. The molecule has 0 atom stereocenters. The van der Waals surface area contributed by atoms with Gasteiger partial charge in [-0.1, -0.05) is 20.8 Å². The smallest absolute Gasteiger partial charge is 0.177 e. The van der Waals surface area contributed by atoms with E-state index in [2.05, 4.69) is 4.98 Å². The minimum atomic E-state index is -3.21. The Balaban J connectivity index is 2.72. The second kappa shape index (κ2) is 3.80. The van der Waals surface area contributed by atoms with Gasteiger partial charge in [-0.25, -0.2) is 8.42 Å². The first-order valence-corrected chi connectivity index (χ1v) is 7.80. The summed E-state index contributed by atoms with van der Waals surface area (Å²) >= 11 is 0. The minimum absolute atomic E-state index is 0.247. The Morgan fingerprint density at radius 1 is 1.29 bits per heavy atom. The van der Waals surface area contributed by atoms with Crippen LogP contribution < -0.4 is 0 Å². The normalized spacial score (nSPS) is 17.2. The van der Waals surface area contributed by atoms with Crippen LogP contribution in [0.1, 0.15) is 50.8 Å². The first-order chi connectivity index (χ1) is 7.71. The summed E-state index contributed by atoms with van der Waals surface area (Å²) in [5.41, 5.74) is 1.42. The molecule has 0 aromatic carbocycles. The fourth-order valence-corrected chi connectivity index (χ4v) is 3.48. The number of nitrogens with zero attached hydrogens (tertiary/aromatic N) is 1. The van der Waals surface area contributed by atoms with E-state index < -0.39 is 9.84 Å². The molecule has 17 heavy (non-hydrogen) atoms. The Morgan fingerprint density at radius 2 is 1.88 bits per heavy atom. The van der Waals surface area contributed by atoms with Gasteiger partial charge < -0.3 is 0 Å². The molecule has 3 nitrogen and oxygen atoms in total. The number of aromatic nitrogens is 1. The van der Waals surface area contributed by atoms with Crippen LogP contribution in [0.4, 0.5) is 0 Å². The maximum atomic E-state index is 12.0. The van der Waals surface area contributed by atoms with Crippen LogP contribution in [0.3, 0.4) is 0 Å². The molecule has 0 N–H and O–H groups in total. The summed E-state index contributed by atoms with van der Waals surface area (Å²) in [4.78, 5) is 4.78. The van der Waals surface area contributed by atoms with Crippen LogP contribution in [-0.4, -0.2) is 19.7 Å². The average Bonchev–Trinajstić information content (AvgIpc) is 2.96. The van der Waals surface area contributed by atoms with E-state index in [-0.39, 0.29) is 5.41 Å². The number of pyridine rings is 1. The molecule has 1 fully saturated rings. The first kappa shape index (κ1) is 12.6. The van der Waals surface area contributed by atoms with Crippen molar-refractivity contribution in [2.24, 2.45) is 0 Å². The van der Waals surface area contributed by atoms with E-state index in [0.717, 1.165) is 18.4 Å². The second-order valence-electron chi connectivity index (χ2n) is 5.87. The summed E-state index contributed by atoms with van der Waals surface area (Å²) in [6.45, 7) is 6.00. The summed E-state index contributed by atoms with van der Waals surface area (Å²) in [6, 6.07) is 1.86. The van der Waals surface area contributed by atoms with Crippen LogP contribution in [-0.2, 0) is 15.3 Å². The molecule has 1 aromatic rings. The van der Waals surface area contributed by atoms with Gasteiger partial charge in [0.15, 0.2) is 9.84 Å². The van der Waals surface area contributed by atoms with Crippen LogP contribution in [0.5, 0.6) is 0 Å². The lowest BCUT2D eigenvalue weighted by atomic mass is 9.90. The van der Waals surface area contributed by atoms with Crippen LogP contribution in [0.2, 0.25) is 0 Å².